The molecule has 0 saturated carbocycles. The van der Waals surface area contributed by atoms with Gasteiger partial charge in [0.25, 0.3) is 0 Å². The van der Waals surface area contributed by atoms with Crippen LogP contribution in [-0.2, 0) is 0 Å². The first-order valence-electron chi connectivity index (χ1n) is 6.89. The second-order valence-corrected chi connectivity index (χ2v) is 5.14. The Bertz CT molecular complexity index is 938. The van der Waals surface area contributed by atoms with Gasteiger partial charge in [0.1, 0.15) is 0 Å². The Morgan fingerprint density at radius 3 is 2.15 bits per heavy atom. The molecule has 4 aromatic carbocycles. The van der Waals surface area contributed by atoms with Crippen LogP contribution in [-0.4, -0.2) is 7.05 Å². The SMILES string of the molecule is CNc1cccc2ccc3cc4ccccc4cc3c12. The van der Waals surface area contributed by atoms with Gasteiger partial charge in [0.05, 0.1) is 0 Å². The molecule has 0 unspecified atom stereocenters. The van der Waals surface area contributed by atoms with Crippen molar-refractivity contribution in [2.24, 2.45) is 0 Å². The Balaban J connectivity index is 2.25. The maximum absolute atomic E-state index is 3.31. The third-order valence-corrected chi connectivity index (χ3v) is 4.00. The summed E-state index contributed by atoms with van der Waals surface area (Å²) in [6.07, 6.45) is 0. The van der Waals surface area contributed by atoms with E-state index in [4.69, 9.17) is 0 Å². The van der Waals surface area contributed by atoms with Gasteiger partial charge in [-0.05, 0) is 45.1 Å². The summed E-state index contributed by atoms with van der Waals surface area (Å²) >= 11 is 0. The molecule has 0 spiro atoms. The summed E-state index contributed by atoms with van der Waals surface area (Å²) < 4.78 is 0. The van der Waals surface area contributed by atoms with Crippen LogP contribution in [0.4, 0.5) is 5.69 Å². The van der Waals surface area contributed by atoms with E-state index in [-0.39, 0.29) is 0 Å². The Hall–Kier alpha value is -2.54. The van der Waals surface area contributed by atoms with Crippen molar-refractivity contribution in [3.8, 4) is 0 Å². The molecule has 1 N–H and O–H groups in total. The van der Waals surface area contributed by atoms with E-state index in [9.17, 15) is 0 Å². The lowest BCUT2D eigenvalue weighted by atomic mass is 9.97. The standard InChI is InChI=1S/C19H15N/c1-20-18-8-4-7-13-9-10-16-11-14-5-2-3-6-15(14)12-17(16)19(13)18/h2-12,20H,1H3. The van der Waals surface area contributed by atoms with Crippen LogP contribution in [0.15, 0.2) is 66.7 Å². The summed E-state index contributed by atoms with van der Waals surface area (Å²) in [7, 11) is 1.98. The van der Waals surface area contributed by atoms with Crippen molar-refractivity contribution in [2.45, 2.75) is 0 Å². The molecular formula is C19H15N. The molecule has 1 nitrogen and oxygen atoms in total. The van der Waals surface area contributed by atoms with E-state index in [1.54, 1.807) is 0 Å². The Morgan fingerprint density at radius 2 is 1.35 bits per heavy atom. The van der Waals surface area contributed by atoms with E-state index >= 15 is 0 Å². The summed E-state index contributed by atoms with van der Waals surface area (Å²) in [6.45, 7) is 0. The van der Waals surface area contributed by atoms with E-state index in [1.807, 2.05) is 7.05 Å². The molecule has 0 aliphatic carbocycles. The fourth-order valence-electron chi connectivity index (χ4n) is 3.01. The van der Waals surface area contributed by atoms with Crippen LogP contribution in [0.3, 0.4) is 0 Å². The third-order valence-electron chi connectivity index (χ3n) is 4.00. The lowest BCUT2D eigenvalue weighted by molar-refractivity contribution is 1.55. The van der Waals surface area contributed by atoms with Gasteiger partial charge in [0.2, 0.25) is 0 Å². The second kappa shape index (κ2) is 4.24. The van der Waals surface area contributed by atoms with Crippen LogP contribution in [0, 0.1) is 0 Å². The van der Waals surface area contributed by atoms with Gasteiger partial charge in [-0.25, -0.2) is 0 Å². The molecule has 0 fully saturated rings. The Labute approximate surface area is 117 Å². The lowest BCUT2D eigenvalue weighted by Gasteiger charge is -2.10. The molecule has 0 saturated heterocycles. The zero-order valence-electron chi connectivity index (χ0n) is 11.4. The van der Waals surface area contributed by atoms with Gasteiger partial charge in [-0.1, -0.05) is 48.5 Å². The van der Waals surface area contributed by atoms with E-state index in [0.717, 1.165) is 0 Å². The molecule has 0 aromatic heterocycles. The van der Waals surface area contributed by atoms with E-state index in [0.29, 0.717) is 0 Å². The van der Waals surface area contributed by atoms with Crippen LogP contribution in [0.5, 0.6) is 0 Å². The topological polar surface area (TPSA) is 12.0 Å². The van der Waals surface area contributed by atoms with Crippen LogP contribution >= 0.6 is 0 Å². The highest BCUT2D eigenvalue weighted by Gasteiger charge is 2.06. The van der Waals surface area contributed by atoms with Crippen molar-refractivity contribution in [1.29, 1.82) is 0 Å². The molecule has 96 valence electrons. The van der Waals surface area contributed by atoms with Crippen molar-refractivity contribution in [1.82, 2.24) is 0 Å². The molecule has 0 heterocycles. The number of benzene rings is 4. The quantitative estimate of drug-likeness (QED) is 0.365. The molecular weight excluding hydrogens is 242 g/mol. The maximum atomic E-state index is 3.31. The summed E-state index contributed by atoms with van der Waals surface area (Å²) in [5, 5.41) is 11.1. The average Bonchev–Trinajstić information content (AvgIpc) is 2.52. The van der Waals surface area contributed by atoms with Gasteiger partial charge >= 0.3 is 0 Å². The first-order valence-corrected chi connectivity index (χ1v) is 6.89. The molecule has 0 atom stereocenters. The molecule has 4 aromatic rings. The monoisotopic (exact) mass is 257 g/mol. The van der Waals surface area contributed by atoms with Crippen molar-refractivity contribution >= 4 is 38.0 Å². The molecule has 1 heteroatoms. The summed E-state index contributed by atoms with van der Waals surface area (Å²) in [5.41, 5.74) is 1.18. The fourth-order valence-corrected chi connectivity index (χ4v) is 3.01. The normalized spacial score (nSPS) is 11.2. The molecule has 0 bridgehead atoms. The minimum atomic E-state index is 1.18. The van der Waals surface area contributed by atoms with E-state index in [1.165, 1.54) is 38.0 Å². The predicted molar refractivity (Wildman–Crippen MR) is 88.5 cm³/mol. The first kappa shape index (κ1) is 11.3. The highest BCUT2D eigenvalue weighted by atomic mass is 14.8. The molecule has 0 radical (unpaired) electrons. The van der Waals surface area contributed by atoms with Crippen LogP contribution in [0.2, 0.25) is 0 Å². The Morgan fingerprint density at radius 1 is 0.650 bits per heavy atom. The molecule has 0 aliphatic rings. The highest BCUT2D eigenvalue weighted by Crippen LogP contribution is 2.33. The van der Waals surface area contributed by atoms with Gasteiger partial charge < -0.3 is 5.32 Å². The number of rotatable bonds is 1. The largest absolute Gasteiger partial charge is 0.388 e. The average molecular weight is 257 g/mol. The van der Waals surface area contributed by atoms with Gasteiger partial charge in [-0.15, -0.1) is 0 Å². The zero-order valence-corrected chi connectivity index (χ0v) is 11.4. The molecule has 0 amide bonds. The van der Waals surface area contributed by atoms with Crippen LogP contribution in [0.25, 0.3) is 32.3 Å². The van der Waals surface area contributed by atoms with Gasteiger partial charge in [-0.3, -0.25) is 0 Å². The van der Waals surface area contributed by atoms with E-state index in [2.05, 4.69) is 72.0 Å². The third kappa shape index (κ3) is 1.56. The Kier molecular flexibility index (Phi) is 2.40. The zero-order chi connectivity index (χ0) is 13.5. The van der Waals surface area contributed by atoms with Gasteiger partial charge in [0, 0.05) is 18.1 Å². The predicted octanol–water partition coefficient (Wildman–Crippen LogP) is 5.19. The number of anilines is 1. The smallest absolute Gasteiger partial charge is 0.0423 e. The maximum Gasteiger partial charge on any atom is 0.0423 e. The second-order valence-electron chi connectivity index (χ2n) is 5.14. The fraction of sp³-hybridized carbons (Fsp3) is 0.0526. The minimum absolute atomic E-state index is 1.18. The number of nitrogens with one attached hydrogen (secondary N) is 1. The minimum Gasteiger partial charge on any atom is -0.388 e. The highest BCUT2D eigenvalue weighted by molar-refractivity contribution is 6.16. The van der Waals surface area contributed by atoms with Crippen LogP contribution in [0.1, 0.15) is 0 Å². The molecule has 4 rings (SSSR count). The summed E-state index contributed by atoms with van der Waals surface area (Å²) in [5.74, 6) is 0. The van der Waals surface area contributed by atoms with Gasteiger partial charge in [-0.2, -0.15) is 0 Å². The number of hydrogen-bond acceptors (Lipinski definition) is 1. The van der Waals surface area contributed by atoms with Crippen molar-refractivity contribution in [2.75, 3.05) is 12.4 Å². The summed E-state index contributed by atoms with van der Waals surface area (Å²) in [4.78, 5) is 0. The summed E-state index contributed by atoms with van der Waals surface area (Å²) in [6, 6.07) is 23.9. The molecule has 20 heavy (non-hydrogen) atoms. The van der Waals surface area contributed by atoms with Crippen molar-refractivity contribution < 1.29 is 0 Å². The van der Waals surface area contributed by atoms with Crippen LogP contribution < -0.4 is 5.32 Å². The lowest BCUT2D eigenvalue weighted by Crippen LogP contribution is -1.90. The van der Waals surface area contributed by atoms with Crippen molar-refractivity contribution in [3.05, 3.63) is 66.7 Å². The molecule has 0 aliphatic heterocycles. The van der Waals surface area contributed by atoms with Gasteiger partial charge in [0.15, 0.2) is 0 Å². The van der Waals surface area contributed by atoms with E-state index < -0.39 is 0 Å². The number of fused-ring (bicyclic) bond motifs is 4. The number of hydrogen-bond donors (Lipinski definition) is 1. The first-order chi connectivity index (χ1) is 9.86. The van der Waals surface area contributed by atoms with Crippen molar-refractivity contribution in [3.63, 3.8) is 0 Å².